The topological polar surface area (TPSA) is 81.4 Å². The zero-order chi connectivity index (χ0) is 14.6. The van der Waals surface area contributed by atoms with E-state index in [2.05, 4.69) is 4.72 Å². The maximum atomic E-state index is 12.1. The van der Waals surface area contributed by atoms with Crippen molar-refractivity contribution in [3.05, 3.63) is 54.1 Å². The van der Waals surface area contributed by atoms with E-state index in [1.54, 1.807) is 31.4 Å². The van der Waals surface area contributed by atoms with Gasteiger partial charge in [-0.05, 0) is 24.3 Å². The van der Waals surface area contributed by atoms with Crippen LogP contribution in [0.15, 0.2) is 53.4 Å². The number of sulfonamides is 1. The second kappa shape index (κ2) is 5.94. The molecule has 0 heterocycles. The molecule has 2 aromatic rings. The van der Waals surface area contributed by atoms with Gasteiger partial charge in [0.25, 0.3) is 0 Å². The number of nitrogens with one attached hydrogen (secondary N) is 1. The molecule has 20 heavy (non-hydrogen) atoms. The highest BCUT2D eigenvalue weighted by Crippen LogP contribution is 2.18. The number of anilines is 1. The van der Waals surface area contributed by atoms with Crippen LogP contribution in [0.4, 0.5) is 5.69 Å². The molecular formula is C14H16N2O3S. The van der Waals surface area contributed by atoms with Crippen molar-refractivity contribution in [3.8, 4) is 5.75 Å². The first-order valence-electron chi connectivity index (χ1n) is 6.00. The minimum Gasteiger partial charge on any atom is -0.496 e. The molecule has 0 radical (unpaired) electrons. The van der Waals surface area contributed by atoms with Gasteiger partial charge in [0.1, 0.15) is 5.75 Å². The van der Waals surface area contributed by atoms with Crippen LogP contribution in [0.25, 0.3) is 0 Å². The van der Waals surface area contributed by atoms with Gasteiger partial charge in [-0.25, -0.2) is 13.1 Å². The quantitative estimate of drug-likeness (QED) is 0.823. The molecule has 0 spiro atoms. The fraction of sp³-hybridized carbons (Fsp3) is 0.143. The molecule has 0 amide bonds. The standard InChI is InChI=1S/C14H16N2O3S/c1-19-14-8-3-2-5-11(14)10-16-20(17,18)13-7-4-6-12(15)9-13/h2-9,16H,10,15H2,1H3. The highest BCUT2D eigenvalue weighted by Gasteiger charge is 2.14. The van der Waals surface area contributed by atoms with Gasteiger partial charge in [-0.15, -0.1) is 0 Å². The first kappa shape index (κ1) is 14.4. The molecule has 6 heteroatoms. The molecule has 0 unspecified atom stereocenters. The summed E-state index contributed by atoms with van der Waals surface area (Å²) >= 11 is 0. The Labute approximate surface area is 118 Å². The monoisotopic (exact) mass is 292 g/mol. The average molecular weight is 292 g/mol. The number of nitrogens with two attached hydrogens (primary N) is 1. The molecule has 2 aromatic carbocycles. The fourth-order valence-corrected chi connectivity index (χ4v) is 2.85. The number of hydrogen-bond acceptors (Lipinski definition) is 4. The lowest BCUT2D eigenvalue weighted by molar-refractivity contribution is 0.409. The third kappa shape index (κ3) is 3.28. The molecule has 3 N–H and O–H groups in total. The molecule has 0 aliphatic carbocycles. The van der Waals surface area contributed by atoms with Crippen LogP contribution in [0.3, 0.4) is 0 Å². The summed E-state index contributed by atoms with van der Waals surface area (Å²) in [6.07, 6.45) is 0. The summed E-state index contributed by atoms with van der Waals surface area (Å²) in [4.78, 5) is 0.146. The van der Waals surface area contributed by atoms with E-state index in [1.807, 2.05) is 12.1 Å². The van der Waals surface area contributed by atoms with Crippen LogP contribution in [0.2, 0.25) is 0 Å². The van der Waals surface area contributed by atoms with Crippen molar-refractivity contribution in [1.82, 2.24) is 4.72 Å². The van der Waals surface area contributed by atoms with E-state index >= 15 is 0 Å². The van der Waals surface area contributed by atoms with Gasteiger partial charge in [0.05, 0.1) is 12.0 Å². The van der Waals surface area contributed by atoms with Crippen LogP contribution in [0, 0.1) is 0 Å². The number of ether oxygens (including phenoxy) is 1. The first-order chi connectivity index (χ1) is 9.53. The zero-order valence-corrected chi connectivity index (χ0v) is 11.9. The van der Waals surface area contributed by atoms with Crippen LogP contribution in [-0.2, 0) is 16.6 Å². The molecule has 0 fully saturated rings. The molecule has 5 nitrogen and oxygen atoms in total. The van der Waals surface area contributed by atoms with Gasteiger partial charge in [-0.1, -0.05) is 24.3 Å². The van der Waals surface area contributed by atoms with Gasteiger partial charge in [0, 0.05) is 17.8 Å². The average Bonchev–Trinajstić information content (AvgIpc) is 2.45. The Morgan fingerprint density at radius 3 is 2.60 bits per heavy atom. The van der Waals surface area contributed by atoms with Crippen LogP contribution in [-0.4, -0.2) is 15.5 Å². The lowest BCUT2D eigenvalue weighted by atomic mass is 10.2. The van der Waals surface area contributed by atoms with Crippen LogP contribution >= 0.6 is 0 Å². The summed E-state index contributed by atoms with van der Waals surface area (Å²) < 4.78 is 32.0. The third-order valence-electron chi connectivity index (χ3n) is 2.81. The Morgan fingerprint density at radius 2 is 1.90 bits per heavy atom. The fourth-order valence-electron chi connectivity index (χ4n) is 1.79. The predicted molar refractivity (Wildman–Crippen MR) is 77.9 cm³/mol. The van der Waals surface area contributed by atoms with E-state index in [1.165, 1.54) is 12.1 Å². The molecule has 0 bridgehead atoms. The van der Waals surface area contributed by atoms with Gasteiger partial charge < -0.3 is 10.5 Å². The van der Waals surface area contributed by atoms with Crippen LogP contribution in [0.1, 0.15) is 5.56 Å². The van der Waals surface area contributed by atoms with Crippen molar-refractivity contribution in [3.63, 3.8) is 0 Å². The molecule has 0 aliphatic rings. The number of rotatable bonds is 5. The van der Waals surface area contributed by atoms with Gasteiger partial charge in [0.2, 0.25) is 10.0 Å². The summed E-state index contributed by atoms with van der Waals surface area (Å²) in [5.74, 6) is 0.641. The minimum absolute atomic E-state index is 0.146. The van der Waals surface area contributed by atoms with E-state index < -0.39 is 10.0 Å². The summed E-state index contributed by atoms with van der Waals surface area (Å²) in [7, 11) is -2.04. The molecule has 0 saturated carbocycles. The summed E-state index contributed by atoms with van der Waals surface area (Å²) in [6.45, 7) is 0.154. The summed E-state index contributed by atoms with van der Waals surface area (Å²) in [6, 6.07) is 13.4. The first-order valence-corrected chi connectivity index (χ1v) is 7.48. The predicted octanol–water partition coefficient (Wildman–Crippen LogP) is 1.76. The van der Waals surface area contributed by atoms with Crippen molar-refractivity contribution in [2.45, 2.75) is 11.4 Å². The maximum Gasteiger partial charge on any atom is 0.240 e. The molecule has 0 saturated heterocycles. The lowest BCUT2D eigenvalue weighted by Crippen LogP contribution is -2.23. The molecule has 0 aliphatic heterocycles. The Bertz CT molecular complexity index is 699. The maximum absolute atomic E-state index is 12.1. The third-order valence-corrected chi connectivity index (χ3v) is 4.21. The number of para-hydroxylation sites is 1. The SMILES string of the molecule is COc1ccccc1CNS(=O)(=O)c1cccc(N)c1. The van der Waals surface area contributed by atoms with Gasteiger partial charge in [-0.2, -0.15) is 0 Å². The lowest BCUT2D eigenvalue weighted by Gasteiger charge is -2.10. The van der Waals surface area contributed by atoms with Gasteiger partial charge in [-0.3, -0.25) is 0 Å². The minimum atomic E-state index is -3.59. The van der Waals surface area contributed by atoms with Gasteiger partial charge in [0.15, 0.2) is 0 Å². The van der Waals surface area contributed by atoms with Crippen molar-refractivity contribution < 1.29 is 13.2 Å². The van der Waals surface area contributed by atoms with E-state index in [9.17, 15) is 8.42 Å². The molecule has 0 aromatic heterocycles. The van der Waals surface area contributed by atoms with Crippen LogP contribution < -0.4 is 15.2 Å². The van der Waals surface area contributed by atoms with E-state index in [4.69, 9.17) is 10.5 Å². The van der Waals surface area contributed by atoms with Crippen LogP contribution in [0.5, 0.6) is 5.75 Å². The molecule has 0 atom stereocenters. The van der Waals surface area contributed by atoms with E-state index in [0.29, 0.717) is 11.4 Å². The summed E-state index contributed by atoms with van der Waals surface area (Å²) in [5.41, 5.74) is 6.77. The van der Waals surface area contributed by atoms with E-state index in [0.717, 1.165) is 5.56 Å². The Morgan fingerprint density at radius 1 is 1.15 bits per heavy atom. The second-order valence-corrected chi connectivity index (χ2v) is 5.98. The van der Waals surface area contributed by atoms with Crippen molar-refractivity contribution >= 4 is 15.7 Å². The number of benzene rings is 2. The second-order valence-electron chi connectivity index (χ2n) is 4.21. The van der Waals surface area contributed by atoms with Crippen molar-refractivity contribution in [1.29, 1.82) is 0 Å². The number of hydrogen-bond donors (Lipinski definition) is 2. The smallest absolute Gasteiger partial charge is 0.240 e. The highest BCUT2D eigenvalue weighted by molar-refractivity contribution is 7.89. The molecule has 2 rings (SSSR count). The Kier molecular flexibility index (Phi) is 4.26. The zero-order valence-electron chi connectivity index (χ0n) is 11.0. The largest absolute Gasteiger partial charge is 0.496 e. The molecule has 106 valence electrons. The Hall–Kier alpha value is -2.05. The van der Waals surface area contributed by atoms with Gasteiger partial charge >= 0.3 is 0 Å². The highest BCUT2D eigenvalue weighted by atomic mass is 32.2. The van der Waals surface area contributed by atoms with Crippen molar-refractivity contribution in [2.24, 2.45) is 0 Å². The number of nitrogen functional groups attached to an aromatic ring is 1. The number of methoxy groups -OCH3 is 1. The Balaban J connectivity index is 2.17. The normalized spacial score (nSPS) is 11.2. The van der Waals surface area contributed by atoms with E-state index in [-0.39, 0.29) is 11.4 Å². The molecular weight excluding hydrogens is 276 g/mol. The van der Waals surface area contributed by atoms with Crippen molar-refractivity contribution in [2.75, 3.05) is 12.8 Å². The summed E-state index contributed by atoms with van der Waals surface area (Å²) in [5, 5.41) is 0.